The zero-order valence-electron chi connectivity index (χ0n) is 14.1. The lowest BCUT2D eigenvalue weighted by Crippen LogP contribution is -2.24. The molecule has 2 aromatic carbocycles. The van der Waals surface area contributed by atoms with Crippen molar-refractivity contribution in [3.05, 3.63) is 48.0 Å². The second-order valence-electron chi connectivity index (χ2n) is 5.93. The van der Waals surface area contributed by atoms with Gasteiger partial charge in [-0.25, -0.2) is 16.8 Å². The molecule has 1 aliphatic rings. The lowest BCUT2D eigenvalue weighted by atomic mass is 10.2. The number of nitrogens with one attached hydrogen (secondary N) is 2. The molecule has 0 aromatic heterocycles. The molecule has 1 heterocycles. The maximum atomic E-state index is 12.5. The number of rotatable bonds is 5. The number of sulfonamides is 2. The number of amides is 1. The van der Waals surface area contributed by atoms with Crippen molar-refractivity contribution in [2.24, 2.45) is 0 Å². The van der Waals surface area contributed by atoms with Crippen LogP contribution in [0.15, 0.2) is 47.4 Å². The number of hydrogen-bond donors (Lipinski definition) is 2. The summed E-state index contributed by atoms with van der Waals surface area (Å²) in [5.74, 6) is -0.173. The molecule has 2 N–H and O–H groups in total. The molecule has 0 saturated heterocycles. The first-order valence-corrected chi connectivity index (χ1v) is 10.9. The van der Waals surface area contributed by atoms with Crippen LogP contribution >= 0.6 is 0 Å². The van der Waals surface area contributed by atoms with E-state index in [1.807, 2.05) is 0 Å². The van der Waals surface area contributed by atoms with Gasteiger partial charge in [-0.3, -0.25) is 13.8 Å². The average molecular weight is 395 g/mol. The molecule has 0 aliphatic carbocycles. The van der Waals surface area contributed by atoms with Gasteiger partial charge in [0.1, 0.15) is 0 Å². The van der Waals surface area contributed by atoms with Crippen molar-refractivity contribution in [2.45, 2.75) is 11.3 Å². The predicted octanol–water partition coefficient (Wildman–Crippen LogP) is 1.38. The number of carbonyl (C=O) groups is 1. The van der Waals surface area contributed by atoms with Gasteiger partial charge in [-0.2, -0.15) is 0 Å². The predicted molar refractivity (Wildman–Crippen MR) is 99.3 cm³/mol. The number of hydrogen-bond acceptors (Lipinski definition) is 5. The first-order valence-electron chi connectivity index (χ1n) is 7.56. The smallest absolute Gasteiger partial charge is 0.261 e. The molecule has 0 unspecified atom stereocenters. The molecule has 2 aromatic rings. The van der Waals surface area contributed by atoms with Crippen molar-refractivity contribution in [1.82, 2.24) is 0 Å². The topological polar surface area (TPSA) is 113 Å². The second-order valence-corrected chi connectivity index (χ2v) is 9.62. The number of carbonyl (C=O) groups excluding carboxylic acids is 1. The number of anilines is 3. The molecule has 1 aliphatic heterocycles. The zero-order valence-corrected chi connectivity index (χ0v) is 15.7. The zero-order chi connectivity index (χ0) is 19.1. The minimum Gasteiger partial charge on any atom is -0.326 e. The highest BCUT2D eigenvalue weighted by Crippen LogP contribution is 2.27. The van der Waals surface area contributed by atoms with E-state index in [1.165, 1.54) is 43.4 Å². The highest BCUT2D eigenvalue weighted by molar-refractivity contribution is 7.92. The molecular formula is C16H17N3O5S2. The summed E-state index contributed by atoms with van der Waals surface area (Å²) in [4.78, 5) is 11.4. The van der Waals surface area contributed by atoms with Gasteiger partial charge in [-0.1, -0.05) is 0 Å². The third-order valence-electron chi connectivity index (χ3n) is 3.99. The fourth-order valence-corrected chi connectivity index (χ4v) is 4.13. The van der Waals surface area contributed by atoms with E-state index in [-0.39, 0.29) is 17.2 Å². The number of fused-ring (bicyclic) bond motifs is 1. The molecule has 26 heavy (non-hydrogen) atoms. The fraction of sp³-hybridized carbons (Fsp3) is 0.188. The van der Waals surface area contributed by atoms with Crippen LogP contribution in [0.3, 0.4) is 0 Å². The number of nitrogens with zero attached hydrogens (tertiary/aromatic N) is 1. The molecule has 0 atom stereocenters. The SMILES string of the molecule is CN(c1ccc(NS(=O)(=O)c2ccc3c(c2)CC(=O)N3)cc1)S(C)(=O)=O. The maximum absolute atomic E-state index is 12.5. The summed E-state index contributed by atoms with van der Waals surface area (Å²) in [5.41, 5.74) is 1.95. The van der Waals surface area contributed by atoms with E-state index < -0.39 is 20.0 Å². The van der Waals surface area contributed by atoms with E-state index in [1.54, 1.807) is 6.07 Å². The molecule has 1 amide bonds. The summed E-state index contributed by atoms with van der Waals surface area (Å²) in [6.07, 6.45) is 1.22. The Hall–Kier alpha value is -2.59. The molecule has 0 radical (unpaired) electrons. The Morgan fingerprint density at radius 1 is 1.04 bits per heavy atom. The van der Waals surface area contributed by atoms with Crippen LogP contribution < -0.4 is 14.3 Å². The fourth-order valence-electron chi connectivity index (χ4n) is 2.52. The van der Waals surface area contributed by atoms with Crippen molar-refractivity contribution in [3.8, 4) is 0 Å². The van der Waals surface area contributed by atoms with Gasteiger partial charge >= 0.3 is 0 Å². The normalized spacial score (nSPS) is 13.8. The average Bonchev–Trinajstić information content (AvgIpc) is 2.93. The van der Waals surface area contributed by atoms with Gasteiger partial charge in [0.05, 0.1) is 23.3 Å². The molecule has 0 fully saturated rings. The Morgan fingerprint density at radius 3 is 2.31 bits per heavy atom. The Bertz CT molecular complexity index is 1080. The molecule has 3 rings (SSSR count). The van der Waals surface area contributed by atoms with Crippen LogP contribution in [0.2, 0.25) is 0 Å². The van der Waals surface area contributed by atoms with Gasteiger partial charge < -0.3 is 5.32 Å². The van der Waals surface area contributed by atoms with E-state index in [4.69, 9.17) is 0 Å². The minimum absolute atomic E-state index is 0.0464. The van der Waals surface area contributed by atoms with Crippen molar-refractivity contribution in [1.29, 1.82) is 0 Å². The number of benzene rings is 2. The second kappa shape index (κ2) is 6.29. The van der Waals surface area contributed by atoms with Crippen molar-refractivity contribution in [2.75, 3.05) is 27.6 Å². The third-order valence-corrected chi connectivity index (χ3v) is 6.58. The summed E-state index contributed by atoms with van der Waals surface area (Å²) >= 11 is 0. The maximum Gasteiger partial charge on any atom is 0.261 e. The highest BCUT2D eigenvalue weighted by Gasteiger charge is 2.22. The molecule has 10 heteroatoms. The Kier molecular flexibility index (Phi) is 4.41. The van der Waals surface area contributed by atoms with Crippen LogP contribution in [0.5, 0.6) is 0 Å². The van der Waals surface area contributed by atoms with Crippen LogP contribution in [-0.4, -0.2) is 36.0 Å². The van der Waals surface area contributed by atoms with Gasteiger partial charge in [0.15, 0.2) is 0 Å². The molecule has 0 spiro atoms. The lowest BCUT2D eigenvalue weighted by Gasteiger charge is -2.17. The lowest BCUT2D eigenvalue weighted by molar-refractivity contribution is -0.115. The molecule has 0 saturated carbocycles. The Labute approximate surface area is 151 Å². The standard InChI is InChI=1S/C16H17N3O5S2/c1-19(25(2,21)22)13-5-3-12(4-6-13)18-26(23,24)14-7-8-15-11(9-14)10-16(20)17-15/h3-9,18H,10H2,1-2H3,(H,17,20). The van der Waals surface area contributed by atoms with Gasteiger partial charge in [-0.05, 0) is 48.0 Å². The molecule has 138 valence electrons. The first-order chi connectivity index (χ1) is 12.1. The van der Waals surface area contributed by atoms with Crippen molar-refractivity contribution >= 4 is 43.0 Å². The summed E-state index contributed by atoms with van der Waals surface area (Å²) in [6.45, 7) is 0. The third kappa shape index (κ3) is 3.65. The van der Waals surface area contributed by atoms with Gasteiger partial charge in [-0.15, -0.1) is 0 Å². The van der Waals surface area contributed by atoms with Crippen LogP contribution in [0.25, 0.3) is 0 Å². The van der Waals surface area contributed by atoms with E-state index in [2.05, 4.69) is 10.0 Å². The Morgan fingerprint density at radius 2 is 1.69 bits per heavy atom. The van der Waals surface area contributed by atoms with E-state index in [0.29, 0.717) is 22.6 Å². The Balaban J connectivity index is 1.82. The van der Waals surface area contributed by atoms with Crippen LogP contribution in [0, 0.1) is 0 Å². The van der Waals surface area contributed by atoms with E-state index in [9.17, 15) is 21.6 Å². The van der Waals surface area contributed by atoms with Gasteiger partial charge in [0.2, 0.25) is 15.9 Å². The van der Waals surface area contributed by atoms with Gasteiger partial charge in [0, 0.05) is 18.4 Å². The van der Waals surface area contributed by atoms with Crippen molar-refractivity contribution in [3.63, 3.8) is 0 Å². The first kappa shape index (κ1) is 18.2. The van der Waals surface area contributed by atoms with E-state index >= 15 is 0 Å². The molecular weight excluding hydrogens is 378 g/mol. The van der Waals surface area contributed by atoms with E-state index in [0.717, 1.165) is 10.6 Å². The van der Waals surface area contributed by atoms with Crippen LogP contribution in [0.4, 0.5) is 17.1 Å². The summed E-state index contributed by atoms with van der Waals surface area (Å²) in [6, 6.07) is 10.4. The largest absolute Gasteiger partial charge is 0.326 e. The quantitative estimate of drug-likeness (QED) is 0.794. The molecule has 8 nitrogen and oxygen atoms in total. The van der Waals surface area contributed by atoms with Crippen LogP contribution in [0.1, 0.15) is 5.56 Å². The molecule has 0 bridgehead atoms. The summed E-state index contributed by atoms with van der Waals surface area (Å²) < 4.78 is 51.7. The monoisotopic (exact) mass is 395 g/mol. The van der Waals surface area contributed by atoms with Crippen molar-refractivity contribution < 1.29 is 21.6 Å². The minimum atomic E-state index is -3.83. The summed E-state index contributed by atoms with van der Waals surface area (Å²) in [7, 11) is -5.82. The van der Waals surface area contributed by atoms with Gasteiger partial charge in [0.25, 0.3) is 10.0 Å². The summed E-state index contributed by atoms with van der Waals surface area (Å²) in [5, 5.41) is 2.65. The highest BCUT2D eigenvalue weighted by atomic mass is 32.2. The van der Waals surface area contributed by atoms with Crippen LogP contribution in [-0.2, 0) is 31.3 Å².